The summed E-state index contributed by atoms with van der Waals surface area (Å²) in [6.45, 7) is 9.01. The quantitative estimate of drug-likeness (QED) is 0.531. The second-order valence-corrected chi connectivity index (χ2v) is 7.92. The van der Waals surface area contributed by atoms with Crippen molar-refractivity contribution in [2.45, 2.75) is 33.1 Å². The normalized spacial score (nSPS) is 11.3. The second-order valence-electron chi connectivity index (χ2n) is 7.92. The summed E-state index contributed by atoms with van der Waals surface area (Å²) in [4.78, 5) is 23.8. The van der Waals surface area contributed by atoms with E-state index in [9.17, 15) is 9.59 Å². The van der Waals surface area contributed by atoms with E-state index in [4.69, 9.17) is 4.74 Å². The zero-order valence-electron chi connectivity index (χ0n) is 17.6. The molecule has 2 aromatic carbocycles. The molecule has 0 aliphatic carbocycles. The molecule has 0 fully saturated rings. The summed E-state index contributed by atoms with van der Waals surface area (Å²) in [6, 6.07) is 15.6. The van der Waals surface area contributed by atoms with Crippen LogP contribution in [0, 0.1) is 6.92 Å². The molecule has 0 radical (unpaired) electrons. The fourth-order valence-electron chi connectivity index (χ4n) is 2.73. The van der Waals surface area contributed by atoms with Crippen molar-refractivity contribution in [3.63, 3.8) is 0 Å². The van der Waals surface area contributed by atoms with Gasteiger partial charge in [-0.05, 0) is 35.6 Å². The van der Waals surface area contributed by atoms with E-state index >= 15 is 0 Å². The minimum atomic E-state index is -0.223. The first kappa shape index (κ1) is 22.2. The number of benzene rings is 2. The molecule has 0 saturated heterocycles. The van der Waals surface area contributed by atoms with Crippen LogP contribution < -0.4 is 15.4 Å². The molecule has 5 heteroatoms. The number of carbonyl (C=O) groups excluding carboxylic acids is 2. The minimum Gasteiger partial charge on any atom is -0.483 e. The van der Waals surface area contributed by atoms with Crippen LogP contribution in [0.15, 0.2) is 54.6 Å². The molecule has 2 N–H and O–H groups in total. The SMILES string of the molecule is Cc1ccc(OCC(=O)NCCNC(=O)/C=C/c2ccccc2)c(C(C)(C)C)c1. The standard InChI is InChI=1S/C24H30N2O3/c1-18-10-12-21(20(16-18)24(2,3)4)29-17-23(28)26-15-14-25-22(27)13-11-19-8-6-5-7-9-19/h5-13,16H,14-15,17H2,1-4H3,(H,25,27)(H,26,28)/b13-11+. The van der Waals surface area contributed by atoms with Crippen molar-refractivity contribution in [2.75, 3.05) is 19.7 Å². The largest absolute Gasteiger partial charge is 0.483 e. The van der Waals surface area contributed by atoms with E-state index < -0.39 is 0 Å². The van der Waals surface area contributed by atoms with Crippen molar-refractivity contribution in [1.29, 1.82) is 0 Å². The molecule has 0 spiro atoms. The van der Waals surface area contributed by atoms with Crippen LogP contribution in [0.5, 0.6) is 5.75 Å². The van der Waals surface area contributed by atoms with Crippen LogP contribution >= 0.6 is 0 Å². The Kier molecular flexibility index (Phi) is 8.01. The van der Waals surface area contributed by atoms with E-state index in [2.05, 4.69) is 37.5 Å². The van der Waals surface area contributed by atoms with Crippen LogP contribution in [-0.2, 0) is 15.0 Å². The third-order valence-electron chi connectivity index (χ3n) is 4.27. The third kappa shape index (κ3) is 7.82. The molecule has 29 heavy (non-hydrogen) atoms. The molecule has 2 amide bonds. The highest BCUT2D eigenvalue weighted by atomic mass is 16.5. The van der Waals surface area contributed by atoms with Crippen LogP contribution in [0.3, 0.4) is 0 Å². The Labute approximate surface area is 173 Å². The maximum atomic E-state index is 12.0. The lowest BCUT2D eigenvalue weighted by Crippen LogP contribution is -2.36. The topological polar surface area (TPSA) is 67.4 Å². The van der Waals surface area contributed by atoms with Gasteiger partial charge in [-0.3, -0.25) is 9.59 Å². The smallest absolute Gasteiger partial charge is 0.258 e. The van der Waals surface area contributed by atoms with Gasteiger partial charge in [-0.2, -0.15) is 0 Å². The highest BCUT2D eigenvalue weighted by Crippen LogP contribution is 2.32. The first-order chi connectivity index (χ1) is 13.8. The van der Waals surface area contributed by atoms with E-state index in [0.717, 1.165) is 22.4 Å². The van der Waals surface area contributed by atoms with Crippen molar-refractivity contribution in [3.05, 3.63) is 71.3 Å². The van der Waals surface area contributed by atoms with Crippen LogP contribution in [0.4, 0.5) is 0 Å². The number of ether oxygens (including phenoxy) is 1. The van der Waals surface area contributed by atoms with Gasteiger partial charge in [-0.15, -0.1) is 0 Å². The van der Waals surface area contributed by atoms with Crippen molar-refractivity contribution in [2.24, 2.45) is 0 Å². The van der Waals surface area contributed by atoms with Crippen LogP contribution in [0.1, 0.15) is 37.5 Å². The van der Waals surface area contributed by atoms with Crippen LogP contribution in [0.25, 0.3) is 6.08 Å². The van der Waals surface area contributed by atoms with Gasteiger partial charge in [0.15, 0.2) is 6.61 Å². The van der Waals surface area contributed by atoms with Crippen molar-refractivity contribution < 1.29 is 14.3 Å². The molecule has 0 aromatic heterocycles. The summed E-state index contributed by atoms with van der Waals surface area (Å²) < 4.78 is 5.74. The molecule has 0 aliphatic heterocycles. The van der Waals surface area contributed by atoms with Crippen molar-refractivity contribution in [3.8, 4) is 5.75 Å². The van der Waals surface area contributed by atoms with Crippen LogP contribution in [-0.4, -0.2) is 31.5 Å². The summed E-state index contributed by atoms with van der Waals surface area (Å²) in [5.74, 6) is 0.297. The Morgan fingerprint density at radius 1 is 1.00 bits per heavy atom. The Morgan fingerprint density at radius 2 is 1.69 bits per heavy atom. The molecule has 0 bridgehead atoms. The van der Waals surface area contributed by atoms with Crippen LogP contribution in [0.2, 0.25) is 0 Å². The first-order valence-corrected chi connectivity index (χ1v) is 9.77. The highest BCUT2D eigenvalue weighted by molar-refractivity contribution is 5.91. The monoisotopic (exact) mass is 394 g/mol. The van der Waals surface area contributed by atoms with E-state index in [-0.39, 0.29) is 23.8 Å². The number of amides is 2. The van der Waals surface area contributed by atoms with Crippen molar-refractivity contribution in [1.82, 2.24) is 10.6 Å². The first-order valence-electron chi connectivity index (χ1n) is 9.77. The molecule has 0 heterocycles. The van der Waals surface area contributed by atoms with E-state index in [0.29, 0.717) is 13.1 Å². The molecule has 0 atom stereocenters. The van der Waals surface area contributed by atoms with E-state index in [1.807, 2.05) is 49.4 Å². The molecule has 0 saturated carbocycles. The van der Waals surface area contributed by atoms with Gasteiger partial charge in [0.25, 0.3) is 5.91 Å². The molecule has 154 valence electrons. The maximum Gasteiger partial charge on any atom is 0.258 e. The average Bonchev–Trinajstić information content (AvgIpc) is 2.69. The molecule has 2 aromatic rings. The van der Waals surface area contributed by atoms with Gasteiger partial charge in [0, 0.05) is 19.2 Å². The summed E-state index contributed by atoms with van der Waals surface area (Å²) >= 11 is 0. The minimum absolute atomic E-state index is 0.0615. The number of carbonyl (C=O) groups is 2. The van der Waals surface area contributed by atoms with Gasteiger partial charge >= 0.3 is 0 Å². The number of hydrogen-bond donors (Lipinski definition) is 2. The summed E-state index contributed by atoms with van der Waals surface area (Å²) in [5.41, 5.74) is 3.11. The van der Waals surface area contributed by atoms with Gasteiger partial charge in [0.05, 0.1) is 0 Å². The predicted molar refractivity (Wildman–Crippen MR) is 117 cm³/mol. The molecular weight excluding hydrogens is 364 g/mol. The molecule has 5 nitrogen and oxygen atoms in total. The van der Waals surface area contributed by atoms with Gasteiger partial charge in [0.1, 0.15) is 5.75 Å². The number of nitrogens with one attached hydrogen (secondary N) is 2. The van der Waals surface area contributed by atoms with E-state index in [1.54, 1.807) is 6.08 Å². The average molecular weight is 395 g/mol. The highest BCUT2D eigenvalue weighted by Gasteiger charge is 2.19. The Bertz CT molecular complexity index is 852. The fourth-order valence-corrected chi connectivity index (χ4v) is 2.73. The van der Waals surface area contributed by atoms with Gasteiger partial charge in [-0.25, -0.2) is 0 Å². The number of aryl methyl sites for hydroxylation is 1. The maximum absolute atomic E-state index is 12.0. The summed E-state index contributed by atoms with van der Waals surface area (Å²) in [5, 5.41) is 5.48. The Hall–Kier alpha value is -3.08. The van der Waals surface area contributed by atoms with Gasteiger partial charge < -0.3 is 15.4 Å². The van der Waals surface area contributed by atoms with Gasteiger partial charge in [-0.1, -0.05) is 68.8 Å². The van der Waals surface area contributed by atoms with Crippen molar-refractivity contribution >= 4 is 17.9 Å². The number of rotatable bonds is 8. The number of hydrogen-bond acceptors (Lipinski definition) is 3. The lowest BCUT2D eigenvalue weighted by Gasteiger charge is -2.23. The molecule has 0 aliphatic rings. The zero-order valence-corrected chi connectivity index (χ0v) is 17.6. The fraction of sp³-hybridized carbons (Fsp3) is 0.333. The molecule has 2 rings (SSSR count). The lowest BCUT2D eigenvalue weighted by molar-refractivity contribution is -0.123. The predicted octanol–water partition coefficient (Wildman–Crippen LogP) is 3.62. The van der Waals surface area contributed by atoms with E-state index in [1.165, 1.54) is 6.08 Å². The molecular formula is C24H30N2O3. The lowest BCUT2D eigenvalue weighted by atomic mass is 9.85. The third-order valence-corrected chi connectivity index (χ3v) is 4.27. The molecule has 0 unspecified atom stereocenters. The Morgan fingerprint density at radius 3 is 2.38 bits per heavy atom. The summed E-state index contributed by atoms with van der Waals surface area (Å²) in [7, 11) is 0. The summed E-state index contributed by atoms with van der Waals surface area (Å²) in [6.07, 6.45) is 3.22. The zero-order chi connectivity index (χ0) is 21.3. The van der Waals surface area contributed by atoms with Gasteiger partial charge in [0.2, 0.25) is 5.91 Å². The second kappa shape index (κ2) is 10.5. The Balaban J connectivity index is 1.72.